The first-order chi connectivity index (χ1) is 15.4. The van der Waals surface area contributed by atoms with Crippen molar-refractivity contribution in [3.05, 3.63) is 69.1 Å². The number of likely N-dealkylation sites (tertiary alicyclic amines) is 1. The highest BCUT2D eigenvalue weighted by atomic mass is 16.5. The number of carbonyl (C=O) groups excluding carboxylic acids is 1. The average molecular weight is 436 g/mol. The van der Waals surface area contributed by atoms with Gasteiger partial charge in [0, 0.05) is 35.5 Å². The number of hydrogen-bond acceptors (Lipinski definition) is 5. The largest absolute Gasteiger partial charge is 0.497 e. The molecule has 0 saturated carbocycles. The van der Waals surface area contributed by atoms with Gasteiger partial charge in [0.2, 0.25) is 5.91 Å². The molecular formula is C26H29NO5. The Hall–Kier alpha value is -3.28. The zero-order chi connectivity index (χ0) is 22.8. The summed E-state index contributed by atoms with van der Waals surface area (Å²) in [5.41, 5.74) is 3.72. The van der Waals surface area contributed by atoms with Crippen molar-refractivity contribution in [1.29, 1.82) is 0 Å². The van der Waals surface area contributed by atoms with Crippen LogP contribution < -0.4 is 15.1 Å². The zero-order valence-electron chi connectivity index (χ0n) is 19.1. The van der Waals surface area contributed by atoms with Crippen molar-refractivity contribution in [3.8, 4) is 11.5 Å². The average Bonchev–Trinajstić information content (AvgIpc) is 3.27. The van der Waals surface area contributed by atoms with Crippen LogP contribution >= 0.6 is 0 Å². The quantitative estimate of drug-likeness (QED) is 0.524. The fourth-order valence-corrected chi connectivity index (χ4v) is 4.65. The van der Waals surface area contributed by atoms with Crippen LogP contribution in [-0.4, -0.2) is 31.6 Å². The number of benzene rings is 2. The van der Waals surface area contributed by atoms with Crippen LogP contribution in [0.15, 0.2) is 45.6 Å². The van der Waals surface area contributed by atoms with Crippen LogP contribution in [0.25, 0.3) is 11.0 Å². The number of rotatable bonds is 6. The maximum atomic E-state index is 13.2. The second kappa shape index (κ2) is 9.07. The van der Waals surface area contributed by atoms with Crippen molar-refractivity contribution in [1.82, 2.24) is 4.90 Å². The van der Waals surface area contributed by atoms with Gasteiger partial charge < -0.3 is 18.8 Å². The molecule has 1 aliphatic heterocycles. The molecule has 4 rings (SSSR count). The molecule has 0 radical (unpaired) electrons. The fourth-order valence-electron chi connectivity index (χ4n) is 4.65. The molecule has 2 heterocycles. The van der Waals surface area contributed by atoms with Crippen molar-refractivity contribution in [2.45, 2.75) is 45.6 Å². The predicted octanol–water partition coefficient (Wildman–Crippen LogP) is 4.72. The molecule has 6 heteroatoms. The van der Waals surface area contributed by atoms with Crippen LogP contribution in [0.2, 0.25) is 0 Å². The Labute approximate surface area is 187 Å². The minimum atomic E-state index is -0.358. The van der Waals surface area contributed by atoms with Gasteiger partial charge in [-0.25, -0.2) is 4.79 Å². The molecule has 1 aliphatic rings. The molecule has 3 aromatic rings. The van der Waals surface area contributed by atoms with Crippen LogP contribution in [-0.2, 0) is 11.2 Å². The Morgan fingerprint density at radius 1 is 1.12 bits per heavy atom. The minimum Gasteiger partial charge on any atom is -0.497 e. The molecular weight excluding hydrogens is 406 g/mol. The molecule has 1 saturated heterocycles. The molecule has 0 bridgehead atoms. The summed E-state index contributed by atoms with van der Waals surface area (Å²) in [6.07, 6.45) is 2.44. The van der Waals surface area contributed by atoms with Gasteiger partial charge in [-0.05, 0) is 62.4 Å². The van der Waals surface area contributed by atoms with Crippen molar-refractivity contribution < 1.29 is 18.7 Å². The van der Waals surface area contributed by atoms with E-state index in [2.05, 4.69) is 0 Å². The number of carbonyl (C=O) groups is 1. The van der Waals surface area contributed by atoms with Crippen molar-refractivity contribution in [2.75, 3.05) is 20.8 Å². The Balaban J connectivity index is 1.54. The topological polar surface area (TPSA) is 69.0 Å². The van der Waals surface area contributed by atoms with Crippen molar-refractivity contribution >= 4 is 16.9 Å². The number of hydrogen-bond donors (Lipinski definition) is 0. The van der Waals surface area contributed by atoms with Crippen LogP contribution in [0.1, 0.15) is 47.6 Å². The maximum absolute atomic E-state index is 13.2. The highest BCUT2D eigenvalue weighted by molar-refractivity contribution is 5.82. The lowest BCUT2D eigenvalue weighted by molar-refractivity contribution is -0.132. The highest BCUT2D eigenvalue weighted by Crippen LogP contribution is 2.39. The van der Waals surface area contributed by atoms with E-state index < -0.39 is 0 Å². The normalized spacial score (nSPS) is 15.9. The van der Waals surface area contributed by atoms with Gasteiger partial charge in [-0.2, -0.15) is 0 Å². The summed E-state index contributed by atoms with van der Waals surface area (Å²) in [4.78, 5) is 27.7. The third kappa shape index (κ3) is 4.09. The standard InChI is InChI=1S/C26H29NO5/c1-16-7-9-19-17(2)20(26(29)32-24(19)14-16)11-12-25(28)27-13-5-6-22(27)21-10-8-18(30-3)15-23(21)31-4/h7-10,14-15,22H,5-6,11-13H2,1-4H3/t22-/m1/s1. The molecule has 1 atom stereocenters. The molecule has 0 unspecified atom stereocenters. The lowest BCUT2D eigenvalue weighted by Gasteiger charge is -2.26. The highest BCUT2D eigenvalue weighted by Gasteiger charge is 2.32. The minimum absolute atomic E-state index is 0.0353. The molecule has 6 nitrogen and oxygen atoms in total. The van der Waals surface area contributed by atoms with E-state index in [0.29, 0.717) is 24.1 Å². The Morgan fingerprint density at radius 3 is 2.69 bits per heavy atom. The lowest BCUT2D eigenvalue weighted by atomic mass is 10.00. The molecule has 0 spiro atoms. The van der Waals surface area contributed by atoms with E-state index >= 15 is 0 Å². The summed E-state index contributed by atoms with van der Waals surface area (Å²) in [6, 6.07) is 11.5. The summed E-state index contributed by atoms with van der Waals surface area (Å²) in [5.74, 6) is 1.47. The van der Waals surface area contributed by atoms with Crippen LogP contribution in [0.4, 0.5) is 0 Å². The van der Waals surface area contributed by atoms with E-state index in [0.717, 1.165) is 46.4 Å². The predicted molar refractivity (Wildman–Crippen MR) is 124 cm³/mol. The smallest absolute Gasteiger partial charge is 0.339 e. The van der Waals surface area contributed by atoms with Gasteiger partial charge in [-0.15, -0.1) is 0 Å². The van der Waals surface area contributed by atoms with Crippen LogP contribution in [0.3, 0.4) is 0 Å². The number of methoxy groups -OCH3 is 2. The summed E-state index contributed by atoms with van der Waals surface area (Å²) in [5, 5.41) is 0.916. The number of ether oxygens (including phenoxy) is 2. The zero-order valence-corrected chi connectivity index (χ0v) is 19.1. The molecule has 1 amide bonds. The second-order valence-corrected chi connectivity index (χ2v) is 8.35. The van der Waals surface area contributed by atoms with E-state index in [1.165, 1.54) is 0 Å². The van der Waals surface area contributed by atoms with Gasteiger partial charge in [0.25, 0.3) is 0 Å². The van der Waals surface area contributed by atoms with E-state index in [9.17, 15) is 9.59 Å². The van der Waals surface area contributed by atoms with Gasteiger partial charge in [0.15, 0.2) is 0 Å². The SMILES string of the molecule is COc1ccc([C@H]2CCCN2C(=O)CCc2c(C)c3ccc(C)cc3oc2=O)c(OC)c1. The van der Waals surface area contributed by atoms with Crippen LogP contribution in [0.5, 0.6) is 11.5 Å². The number of aryl methyl sites for hydroxylation is 2. The van der Waals surface area contributed by atoms with Gasteiger partial charge in [-0.3, -0.25) is 4.79 Å². The summed E-state index contributed by atoms with van der Waals surface area (Å²) < 4.78 is 16.4. The number of nitrogens with zero attached hydrogens (tertiary/aromatic N) is 1. The second-order valence-electron chi connectivity index (χ2n) is 8.35. The molecule has 1 fully saturated rings. The maximum Gasteiger partial charge on any atom is 0.339 e. The van der Waals surface area contributed by atoms with Crippen molar-refractivity contribution in [3.63, 3.8) is 0 Å². The van der Waals surface area contributed by atoms with E-state index in [-0.39, 0.29) is 24.0 Å². The lowest BCUT2D eigenvalue weighted by Crippen LogP contribution is -2.31. The van der Waals surface area contributed by atoms with Gasteiger partial charge >= 0.3 is 5.63 Å². The third-order valence-electron chi connectivity index (χ3n) is 6.40. The van der Waals surface area contributed by atoms with E-state index in [1.807, 2.05) is 55.1 Å². The Morgan fingerprint density at radius 2 is 1.94 bits per heavy atom. The van der Waals surface area contributed by atoms with E-state index in [4.69, 9.17) is 13.9 Å². The molecule has 0 N–H and O–H groups in total. The number of fused-ring (bicyclic) bond motifs is 1. The summed E-state index contributed by atoms with van der Waals surface area (Å²) in [7, 11) is 3.25. The van der Waals surface area contributed by atoms with Crippen LogP contribution in [0, 0.1) is 13.8 Å². The first-order valence-electron chi connectivity index (χ1n) is 11.0. The van der Waals surface area contributed by atoms with Crippen molar-refractivity contribution in [2.24, 2.45) is 0 Å². The first kappa shape index (κ1) is 21.9. The Bertz CT molecular complexity index is 1210. The molecule has 0 aliphatic carbocycles. The Kier molecular flexibility index (Phi) is 6.21. The number of amides is 1. The van der Waals surface area contributed by atoms with Gasteiger partial charge in [-0.1, -0.05) is 12.1 Å². The fraction of sp³-hybridized carbons (Fsp3) is 0.385. The molecule has 168 valence electrons. The molecule has 2 aromatic carbocycles. The van der Waals surface area contributed by atoms with Gasteiger partial charge in [0.05, 0.1) is 20.3 Å². The third-order valence-corrected chi connectivity index (χ3v) is 6.40. The van der Waals surface area contributed by atoms with Gasteiger partial charge in [0.1, 0.15) is 17.1 Å². The monoisotopic (exact) mass is 435 g/mol. The summed E-state index contributed by atoms with van der Waals surface area (Å²) >= 11 is 0. The molecule has 32 heavy (non-hydrogen) atoms. The first-order valence-corrected chi connectivity index (χ1v) is 11.0. The summed E-state index contributed by atoms with van der Waals surface area (Å²) in [6.45, 7) is 4.59. The molecule has 1 aromatic heterocycles. The van der Waals surface area contributed by atoms with E-state index in [1.54, 1.807) is 14.2 Å².